The van der Waals surface area contributed by atoms with Crippen molar-refractivity contribution in [2.24, 2.45) is 0 Å². The van der Waals surface area contributed by atoms with Crippen molar-refractivity contribution >= 4 is 11.6 Å². The molecule has 1 aliphatic rings. The molecule has 1 unspecified atom stereocenters. The molecule has 1 fully saturated rings. The number of nitrogens with one attached hydrogen (secondary N) is 1. The first-order chi connectivity index (χ1) is 11.8. The van der Waals surface area contributed by atoms with E-state index in [1.807, 2.05) is 0 Å². The van der Waals surface area contributed by atoms with E-state index in [1.165, 1.54) is 6.07 Å². The van der Waals surface area contributed by atoms with Crippen molar-refractivity contribution in [1.82, 2.24) is 4.90 Å². The molecular weight excluding hydrogens is 366 g/mol. The smallest absolute Gasteiger partial charge is 0.416 e. The number of carbonyl (C=O) groups excluding carboxylic acids is 1. The van der Waals surface area contributed by atoms with Crippen molar-refractivity contribution < 1.29 is 35.9 Å². The summed E-state index contributed by atoms with van der Waals surface area (Å²) in [5, 5.41) is 2.59. The fourth-order valence-electron chi connectivity index (χ4n) is 2.63. The number of rotatable bonds is 5. The zero-order valence-corrected chi connectivity index (χ0v) is 14.0. The van der Waals surface area contributed by atoms with Crippen LogP contribution in [0.2, 0.25) is 0 Å². The predicted molar refractivity (Wildman–Crippen MR) is 81.9 cm³/mol. The quantitative estimate of drug-likeness (QED) is 0.779. The Morgan fingerprint density at radius 3 is 2.38 bits per heavy atom. The number of anilines is 1. The molecule has 1 aromatic rings. The van der Waals surface area contributed by atoms with E-state index in [1.54, 1.807) is 13.8 Å². The van der Waals surface area contributed by atoms with Gasteiger partial charge in [-0.15, -0.1) is 0 Å². The highest BCUT2D eigenvalue weighted by Crippen LogP contribution is 2.35. The number of carbonyl (C=O) groups is 1. The highest BCUT2D eigenvalue weighted by atomic mass is 19.4. The first kappa shape index (κ1) is 20.2. The number of halogens is 6. The van der Waals surface area contributed by atoms with Gasteiger partial charge in [0.05, 0.1) is 11.7 Å². The minimum Gasteiger partial charge on any atom is -0.491 e. The van der Waals surface area contributed by atoms with Gasteiger partial charge in [-0.1, -0.05) is 0 Å². The van der Waals surface area contributed by atoms with E-state index >= 15 is 0 Å². The zero-order valence-electron chi connectivity index (χ0n) is 14.0. The lowest BCUT2D eigenvalue weighted by Gasteiger charge is -2.20. The van der Waals surface area contributed by atoms with Gasteiger partial charge in [-0.3, -0.25) is 4.79 Å². The second-order valence-corrected chi connectivity index (χ2v) is 6.27. The topological polar surface area (TPSA) is 41.6 Å². The van der Waals surface area contributed by atoms with Crippen LogP contribution in [0.15, 0.2) is 18.2 Å². The molecular formula is C16H18F6N2O2. The summed E-state index contributed by atoms with van der Waals surface area (Å²) in [4.78, 5) is 12.7. The lowest BCUT2D eigenvalue weighted by atomic mass is 10.1. The van der Waals surface area contributed by atoms with Gasteiger partial charge in [0.2, 0.25) is 5.91 Å². The fraction of sp³-hybridized carbons (Fsp3) is 0.562. The van der Waals surface area contributed by atoms with Crippen molar-refractivity contribution in [3.05, 3.63) is 23.8 Å². The van der Waals surface area contributed by atoms with Gasteiger partial charge >= 0.3 is 12.4 Å². The second kappa shape index (κ2) is 7.24. The number of benzene rings is 1. The minimum absolute atomic E-state index is 0.0392. The molecule has 1 saturated heterocycles. The van der Waals surface area contributed by atoms with Crippen LogP contribution in [0.1, 0.15) is 25.8 Å². The van der Waals surface area contributed by atoms with E-state index < -0.39 is 36.4 Å². The molecule has 0 aliphatic carbocycles. The van der Waals surface area contributed by atoms with Crippen LogP contribution in [0.4, 0.5) is 32.0 Å². The van der Waals surface area contributed by atoms with Gasteiger partial charge in [0.1, 0.15) is 18.3 Å². The summed E-state index contributed by atoms with van der Waals surface area (Å²) in [6, 6.07) is 1.90. The molecule has 1 N–H and O–H groups in total. The predicted octanol–water partition coefficient (Wildman–Crippen LogP) is 4.07. The van der Waals surface area contributed by atoms with Gasteiger partial charge < -0.3 is 15.0 Å². The minimum atomic E-state index is -4.63. The van der Waals surface area contributed by atoms with E-state index in [-0.39, 0.29) is 30.5 Å². The first-order valence-corrected chi connectivity index (χ1v) is 7.86. The molecule has 1 atom stereocenters. The number of alkyl halides is 6. The van der Waals surface area contributed by atoms with E-state index in [9.17, 15) is 31.1 Å². The molecule has 0 spiro atoms. The van der Waals surface area contributed by atoms with E-state index in [4.69, 9.17) is 4.74 Å². The number of ether oxygens (including phenoxy) is 1. The summed E-state index contributed by atoms with van der Waals surface area (Å²) in [6.45, 7) is 1.78. The summed E-state index contributed by atoms with van der Waals surface area (Å²) in [6.07, 6.45) is -9.47. The average molecular weight is 384 g/mol. The van der Waals surface area contributed by atoms with Crippen LogP contribution >= 0.6 is 0 Å². The van der Waals surface area contributed by atoms with Gasteiger partial charge in [0.25, 0.3) is 0 Å². The summed E-state index contributed by atoms with van der Waals surface area (Å²) in [5.41, 5.74) is -1.02. The van der Waals surface area contributed by atoms with Gasteiger partial charge in [0, 0.05) is 18.3 Å². The monoisotopic (exact) mass is 384 g/mol. The number of hydrogen-bond donors (Lipinski definition) is 1. The number of nitrogens with zero attached hydrogens (tertiary/aromatic N) is 1. The van der Waals surface area contributed by atoms with E-state index in [0.29, 0.717) is 4.90 Å². The third-order valence-electron chi connectivity index (χ3n) is 3.61. The van der Waals surface area contributed by atoms with Gasteiger partial charge in [-0.05, 0) is 32.4 Å². The Labute approximate surface area is 146 Å². The summed E-state index contributed by atoms with van der Waals surface area (Å²) in [5.74, 6) is -0.846. The molecule has 10 heteroatoms. The summed E-state index contributed by atoms with van der Waals surface area (Å²) in [7, 11) is 0. The summed E-state index contributed by atoms with van der Waals surface area (Å²) >= 11 is 0. The molecule has 0 aromatic heterocycles. The lowest BCUT2D eigenvalue weighted by Crippen LogP contribution is -2.39. The molecule has 1 aliphatic heterocycles. The molecule has 146 valence electrons. The van der Waals surface area contributed by atoms with Crippen molar-refractivity contribution in [1.29, 1.82) is 0 Å². The zero-order chi connectivity index (χ0) is 19.7. The maximum absolute atomic E-state index is 13.0. The maximum Gasteiger partial charge on any atom is 0.416 e. The molecule has 1 amide bonds. The molecule has 2 rings (SSSR count). The number of amides is 1. The molecule has 0 radical (unpaired) electrons. The average Bonchev–Trinajstić information content (AvgIpc) is 2.76. The molecule has 1 aromatic carbocycles. The second-order valence-electron chi connectivity index (χ2n) is 6.27. The molecule has 4 nitrogen and oxygen atoms in total. The highest BCUT2D eigenvalue weighted by Gasteiger charge is 2.39. The molecule has 26 heavy (non-hydrogen) atoms. The van der Waals surface area contributed by atoms with Crippen molar-refractivity contribution in [3.63, 3.8) is 0 Å². The highest BCUT2D eigenvalue weighted by molar-refractivity contribution is 5.86. The van der Waals surface area contributed by atoms with Crippen LogP contribution in [-0.4, -0.2) is 42.2 Å². The number of likely N-dealkylation sites (tertiary alicyclic amines) is 1. The van der Waals surface area contributed by atoms with Crippen LogP contribution in [0.3, 0.4) is 0 Å². The standard InChI is InChI=1S/C16H18F6N2O2/c1-9(2)26-12-6-10(16(20,21)22)5-11(7-12)23-13-3-4-24(14(13)25)8-15(17,18)19/h5-7,9,13,23H,3-4,8H2,1-2H3. The lowest BCUT2D eigenvalue weighted by molar-refractivity contribution is -0.157. The maximum atomic E-state index is 13.0. The van der Waals surface area contributed by atoms with Crippen molar-refractivity contribution in [3.8, 4) is 5.75 Å². The van der Waals surface area contributed by atoms with Crippen molar-refractivity contribution in [2.45, 2.75) is 44.8 Å². The van der Waals surface area contributed by atoms with Crippen molar-refractivity contribution in [2.75, 3.05) is 18.4 Å². The number of hydrogen-bond acceptors (Lipinski definition) is 3. The Morgan fingerprint density at radius 2 is 1.85 bits per heavy atom. The Hall–Kier alpha value is -2.13. The summed E-state index contributed by atoms with van der Waals surface area (Å²) < 4.78 is 81.7. The van der Waals surface area contributed by atoms with E-state index in [0.717, 1.165) is 12.1 Å². The SMILES string of the molecule is CC(C)Oc1cc(NC2CCN(CC(F)(F)F)C2=O)cc(C(F)(F)F)c1. The largest absolute Gasteiger partial charge is 0.491 e. The van der Waals surface area contributed by atoms with Gasteiger partial charge in [-0.2, -0.15) is 26.3 Å². The van der Waals surface area contributed by atoms with Gasteiger partial charge in [-0.25, -0.2) is 0 Å². The third kappa shape index (κ3) is 5.43. The Balaban J connectivity index is 2.19. The fourth-order valence-corrected chi connectivity index (χ4v) is 2.63. The van der Waals surface area contributed by atoms with Crippen LogP contribution < -0.4 is 10.1 Å². The molecule has 0 bridgehead atoms. The van der Waals surface area contributed by atoms with Gasteiger partial charge in [0.15, 0.2) is 0 Å². The Bertz CT molecular complexity index is 657. The van der Waals surface area contributed by atoms with Crippen LogP contribution in [-0.2, 0) is 11.0 Å². The Kier molecular flexibility index (Phi) is 5.62. The molecule has 1 heterocycles. The Morgan fingerprint density at radius 1 is 1.19 bits per heavy atom. The normalized spacial score (nSPS) is 18.6. The van der Waals surface area contributed by atoms with Crippen LogP contribution in [0, 0.1) is 0 Å². The van der Waals surface area contributed by atoms with Crippen LogP contribution in [0.25, 0.3) is 0 Å². The first-order valence-electron chi connectivity index (χ1n) is 7.86. The van der Waals surface area contributed by atoms with Crippen LogP contribution in [0.5, 0.6) is 5.75 Å². The van der Waals surface area contributed by atoms with E-state index in [2.05, 4.69) is 5.32 Å². The molecule has 0 saturated carbocycles. The third-order valence-corrected chi connectivity index (χ3v) is 3.61.